The Hall–Kier alpha value is -1.40. The van der Waals surface area contributed by atoms with Crippen molar-refractivity contribution in [1.29, 1.82) is 0 Å². The molecule has 0 spiro atoms. The number of rotatable bonds is 4. The zero-order chi connectivity index (χ0) is 12.4. The zero-order valence-corrected chi connectivity index (χ0v) is 11.0. The van der Waals surface area contributed by atoms with E-state index >= 15 is 0 Å². The molecule has 0 aromatic carbocycles. The summed E-state index contributed by atoms with van der Waals surface area (Å²) in [4.78, 5) is 23.3. The van der Waals surface area contributed by atoms with Gasteiger partial charge in [-0.25, -0.2) is 10.0 Å². The highest BCUT2D eigenvalue weighted by Crippen LogP contribution is 2.25. The lowest BCUT2D eigenvalue weighted by Gasteiger charge is -2.13. The summed E-state index contributed by atoms with van der Waals surface area (Å²) >= 11 is 1.61. The first-order valence-electron chi connectivity index (χ1n) is 5.45. The highest BCUT2D eigenvalue weighted by atomic mass is 32.1. The molecule has 2 rings (SSSR count). The third-order valence-electron chi connectivity index (χ3n) is 2.58. The number of fused-ring (bicyclic) bond motifs is 1. The summed E-state index contributed by atoms with van der Waals surface area (Å²) in [5.41, 5.74) is 0.661. The standard InChI is InChI=1S/C11H15N3O2S/c1-4-5-8-10(11(15)13(2)16-3)14-7-12-6-9(14)17-8/h6-7H,4-5H2,1-3H3. The van der Waals surface area contributed by atoms with Gasteiger partial charge in [0, 0.05) is 11.9 Å². The summed E-state index contributed by atoms with van der Waals surface area (Å²) in [6, 6.07) is 0. The molecule has 0 saturated carbocycles. The van der Waals surface area contributed by atoms with Crippen LogP contribution in [0.4, 0.5) is 0 Å². The van der Waals surface area contributed by atoms with Crippen molar-refractivity contribution in [3.63, 3.8) is 0 Å². The number of imidazole rings is 1. The molecule has 0 N–H and O–H groups in total. The Labute approximate surface area is 104 Å². The first kappa shape index (κ1) is 12.1. The number of aromatic nitrogens is 2. The molecule has 17 heavy (non-hydrogen) atoms. The molecule has 0 saturated heterocycles. The van der Waals surface area contributed by atoms with E-state index < -0.39 is 0 Å². The van der Waals surface area contributed by atoms with Crippen LogP contribution in [-0.4, -0.2) is 34.5 Å². The Morgan fingerprint density at radius 3 is 3.06 bits per heavy atom. The van der Waals surface area contributed by atoms with E-state index in [1.54, 1.807) is 30.9 Å². The fourth-order valence-corrected chi connectivity index (χ4v) is 2.88. The number of hydrogen-bond acceptors (Lipinski definition) is 4. The lowest BCUT2D eigenvalue weighted by molar-refractivity contribution is -0.0761. The summed E-state index contributed by atoms with van der Waals surface area (Å²) in [7, 11) is 3.09. The van der Waals surface area contributed by atoms with Crippen molar-refractivity contribution < 1.29 is 9.63 Å². The second-order valence-corrected chi connectivity index (χ2v) is 4.83. The molecule has 0 bridgehead atoms. The Balaban J connectivity index is 2.51. The lowest BCUT2D eigenvalue weighted by Crippen LogP contribution is -2.27. The quantitative estimate of drug-likeness (QED) is 0.783. The van der Waals surface area contributed by atoms with Crippen LogP contribution in [0, 0.1) is 0 Å². The second kappa shape index (κ2) is 4.85. The maximum atomic E-state index is 12.2. The topological polar surface area (TPSA) is 46.8 Å². The molecular formula is C11H15N3O2S. The van der Waals surface area contributed by atoms with E-state index in [2.05, 4.69) is 11.9 Å². The molecule has 2 aromatic heterocycles. The van der Waals surface area contributed by atoms with E-state index in [0.717, 1.165) is 22.5 Å². The Morgan fingerprint density at radius 1 is 1.65 bits per heavy atom. The van der Waals surface area contributed by atoms with Crippen LogP contribution in [0.3, 0.4) is 0 Å². The SMILES string of the molecule is CCCc1sc2cncn2c1C(=O)N(C)OC. The summed E-state index contributed by atoms with van der Waals surface area (Å²) in [5.74, 6) is -0.139. The summed E-state index contributed by atoms with van der Waals surface area (Å²) in [6.45, 7) is 2.10. The normalized spacial score (nSPS) is 11.0. The van der Waals surface area contributed by atoms with Gasteiger partial charge in [0.15, 0.2) is 0 Å². The molecule has 0 fully saturated rings. The largest absolute Gasteiger partial charge is 0.295 e. The molecule has 0 aliphatic rings. The van der Waals surface area contributed by atoms with Gasteiger partial charge >= 0.3 is 0 Å². The molecule has 6 heteroatoms. The van der Waals surface area contributed by atoms with Crippen LogP contribution in [0.5, 0.6) is 0 Å². The molecule has 0 radical (unpaired) electrons. The van der Waals surface area contributed by atoms with Crippen molar-refractivity contribution in [3.05, 3.63) is 23.1 Å². The number of amides is 1. The van der Waals surface area contributed by atoms with Crippen LogP contribution in [0.25, 0.3) is 4.83 Å². The molecule has 0 aliphatic heterocycles. The number of aryl methyl sites for hydroxylation is 1. The first-order chi connectivity index (χ1) is 8.19. The van der Waals surface area contributed by atoms with Gasteiger partial charge in [0.1, 0.15) is 16.9 Å². The maximum absolute atomic E-state index is 12.2. The maximum Gasteiger partial charge on any atom is 0.295 e. The van der Waals surface area contributed by atoms with Gasteiger partial charge in [0.2, 0.25) is 0 Å². The molecule has 92 valence electrons. The molecular weight excluding hydrogens is 238 g/mol. The minimum atomic E-state index is -0.139. The predicted octanol–water partition coefficient (Wildman–Crippen LogP) is 1.98. The van der Waals surface area contributed by atoms with Gasteiger partial charge in [-0.05, 0) is 6.42 Å². The fourth-order valence-electron chi connectivity index (χ4n) is 1.69. The van der Waals surface area contributed by atoms with Crippen molar-refractivity contribution in [3.8, 4) is 0 Å². The average Bonchev–Trinajstić information content (AvgIpc) is 2.87. The number of thiazole rings is 1. The van der Waals surface area contributed by atoms with E-state index in [1.165, 1.54) is 12.2 Å². The van der Waals surface area contributed by atoms with Crippen LogP contribution in [0.1, 0.15) is 28.7 Å². The molecule has 0 aliphatic carbocycles. The molecule has 2 heterocycles. The van der Waals surface area contributed by atoms with Crippen molar-refractivity contribution in [2.45, 2.75) is 19.8 Å². The van der Waals surface area contributed by atoms with E-state index in [4.69, 9.17) is 4.84 Å². The third kappa shape index (κ3) is 2.05. The van der Waals surface area contributed by atoms with E-state index in [-0.39, 0.29) is 5.91 Å². The second-order valence-electron chi connectivity index (χ2n) is 3.71. The van der Waals surface area contributed by atoms with Gasteiger partial charge in [0.05, 0.1) is 13.3 Å². The molecule has 2 aromatic rings. The van der Waals surface area contributed by atoms with Gasteiger partial charge in [-0.1, -0.05) is 13.3 Å². The number of carbonyl (C=O) groups is 1. The Kier molecular flexibility index (Phi) is 3.44. The number of carbonyl (C=O) groups excluding carboxylic acids is 1. The molecule has 1 amide bonds. The minimum absolute atomic E-state index is 0.139. The molecule has 5 nitrogen and oxygen atoms in total. The van der Waals surface area contributed by atoms with E-state index in [9.17, 15) is 4.79 Å². The zero-order valence-electron chi connectivity index (χ0n) is 10.1. The fraction of sp³-hybridized carbons (Fsp3) is 0.455. The average molecular weight is 253 g/mol. The van der Waals surface area contributed by atoms with Crippen molar-refractivity contribution >= 4 is 22.1 Å². The van der Waals surface area contributed by atoms with Crippen molar-refractivity contribution in [1.82, 2.24) is 14.4 Å². The molecule has 0 atom stereocenters. The first-order valence-corrected chi connectivity index (χ1v) is 6.26. The number of hydrogen-bond donors (Lipinski definition) is 0. The van der Waals surface area contributed by atoms with Gasteiger partial charge in [-0.3, -0.25) is 14.0 Å². The van der Waals surface area contributed by atoms with Gasteiger partial charge in [-0.15, -0.1) is 11.3 Å². The van der Waals surface area contributed by atoms with Crippen molar-refractivity contribution in [2.75, 3.05) is 14.2 Å². The third-order valence-corrected chi connectivity index (χ3v) is 3.73. The van der Waals surface area contributed by atoms with Crippen molar-refractivity contribution in [2.24, 2.45) is 0 Å². The van der Waals surface area contributed by atoms with Crippen LogP contribution in [0.2, 0.25) is 0 Å². The summed E-state index contributed by atoms with van der Waals surface area (Å²) in [5, 5.41) is 1.24. The Morgan fingerprint density at radius 2 is 2.41 bits per heavy atom. The van der Waals surface area contributed by atoms with Gasteiger partial charge in [-0.2, -0.15) is 0 Å². The summed E-state index contributed by atoms with van der Waals surface area (Å²) < 4.78 is 1.83. The highest BCUT2D eigenvalue weighted by Gasteiger charge is 2.21. The van der Waals surface area contributed by atoms with Crippen LogP contribution < -0.4 is 0 Å². The van der Waals surface area contributed by atoms with Crippen LogP contribution in [0.15, 0.2) is 12.5 Å². The minimum Gasteiger partial charge on any atom is -0.285 e. The van der Waals surface area contributed by atoms with Crippen LogP contribution >= 0.6 is 11.3 Å². The Bertz CT molecular complexity index is 532. The van der Waals surface area contributed by atoms with Crippen LogP contribution in [-0.2, 0) is 11.3 Å². The number of hydroxylamine groups is 2. The van der Waals surface area contributed by atoms with E-state index in [1.807, 2.05) is 4.40 Å². The number of nitrogens with zero attached hydrogens (tertiary/aromatic N) is 3. The van der Waals surface area contributed by atoms with Gasteiger partial charge in [0.25, 0.3) is 5.91 Å². The highest BCUT2D eigenvalue weighted by molar-refractivity contribution is 7.17. The monoisotopic (exact) mass is 253 g/mol. The molecule has 0 unspecified atom stereocenters. The van der Waals surface area contributed by atoms with Gasteiger partial charge < -0.3 is 0 Å². The summed E-state index contributed by atoms with van der Waals surface area (Å²) in [6.07, 6.45) is 5.34. The van der Waals surface area contributed by atoms with E-state index in [0.29, 0.717) is 5.69 Å². The lowest BCUT2D eigenvalue weighted by atomic mass is 10.2. The smallest absolute Gasteiger partial charge is 0.285 e. The predicted molar refractivity (Wildman–Crippen MR) is 66.2 cm³/mol.